The fourth-order valence-electron chi connectivity index (χ4n) is 9.51. The zero-order valence-electron chi connectivity index (χ0n) is 45.9. The molecule has 0 rings (SSSR count). The Labute approximate surface area is 424 Å². The van der Waals surface area contributed by atoms with Gasteiger partial charge in [-0.15, -0.1) is 0 Å². The van der Waals surface area contributed by atoms with Gasteiger partial charge in [0.25, 0.3) is 0 Å². The van der Waals surface area contributed by atoms with Gasteiger partial charge in [0, 0.05) is 12.8 Å². The lowest BCUT2D eigenvalue weighted by molar-refractivity contribution is -0.143. The fraction of sp³-hybridized carbons (Fsp3) is 0.903. The zero-order valence-corrected chi connectivity index (χ0v) is 45.9. The standard InChI is InChI=1S/C62H119NO5/c1-3-5-7-9-11-13-15-17-19-20-21-22-23-27-30-34-38-42-46-50-54-60(65)59(58-64)63-61(66)55-51-47-43-39-35-31-28-24-25-29-33-37-41-45-49-53-57-68-62(67)56-52-48-44-40-36-32-26-18-16-14-12-10-8-6-4-2/h18,24,26,28,59-60,64-65H,3-17,19-23,25,27,29-58H2,1-2H3,(H,63,66)/b26-18-,28-24-. The zero-order chi connectivity index (χ0) is 49.3. The second-order valence-electron chi connectivity index (χ2n) is 21.0. The van der Waals surface area contributed by atoms with Crippen LogP contribution >= 0.6 is 0 Å². The van der Waals surface area contributed by atoms with E-state index in [4.69, 9.17) is 4.74 Å². The van der Waals surface area contributed by atoms with E-state index in [0.29, 0.717) is 25.9 Å². The van der Waals surface area contributed by atoms with Crippen LogP contribution in [0.15, 0.2) is 24.3 Å². The summed E-state index contributed by atoms with van der Waals surface area (Å²) in [4.78, 5) is 24.6. The van der Waals surface area contributed by atoms with E-state index in [1.807, 2.05) is 0 Å². The van der Waals surface area contributed by atoms with E-state index in [2.05, 4.69) is 43.5 Å². The van der Waals surface area contributed by atoms with Crippen LogP contribution < -0.4 is 5.32 Å². The summed E-state index contributed by atoms with van der Waals surface area (Å²) in [5, 5.41) is 23.3. The summed E-state index contributed by atoms with van der Waals surface area (Å²) in [6, 6.07) is -0.555. The Morgan fingerprint density at radius 1 is 0.397 bits per heavy atom. The number of hydrogen-bond acceptors (Lipinski definition) is 5. The molecule has 2 atom stereocenters. The molecule has 0 saturated carbocycles. The van der Waals surface area contributed by atoms with E-state index in [1.54, 1.807) is 0 Å². The normalized spacial score (nSPS) is 12.7. The highest BCUT2D eigenvalue weighted by Crippen LogP contribution is 2.17. The first kappa shape index (κ1) is 66.3. The van der Waals surface area contributed by atoms with Gasteiger partial charge in [0.1, 0.15) is 0 Å². The first-order chi connectivity index (χ1) is 33.5. The second-order valence-corrected chi connectivity index (χ2v) is 21.0. The molecule has 6 nitrogen and oxygen atoms in total. The molecule has 402 valence electrons. The quantitative estimate of drug-likeness (QED) is 0.0321. The molecule has 0 aliphatic carbocycles. The Morgan fingerprint density at radius 3 is 1.04 bits per heavy atom. The van der Waals surface area contributed by atoms with Gasteiger partial charge in [0.05, 0.1) is 25.4 Å². The highest BCUT2D eigenvalue weighted by atomic mass is 16.5. The second kappa shape index (κ2) is 57.9. The summed E-state index contributed by atoms with van der Waals surface area (Å²) in [5.41, 5.74) is 0. The monoisotopic (exact) mass is 958 g/mol. The third kappa shape index (κ3) is 53.7. The third-order valence-corrected chi connectivity index (χ3v) is 14.2. The summed E-state index contributed by atoms with van der Waals surface area (Å²) in [5.74, 6) is -0.0595. The summed E-state index contributed by atoms with van der Waals surface area (Å²) < 4.78 is 5.47. The van der Waals surface area contributed by atoms with Gasteiger partial charge in [-0.1, -0.05) is 269 Å². The highest BCUT2D eigenvalue weighted by Gasteiger charge is 2.20. The number of aliphatic hydroxyl groups is 2. The molecule has 0 aromatic rings. The predicted octanol–water partition coefficient (Wildman–Crippen LogP) is 19.0. The summed E-state index contributed by atoms with van der Waals surface area (Å²) >= 11 is 0. The Bertz CT molecular complexity index is 1060. The molecule has 0 aliphatic heterocycles. The van der Waals surface area contributed by atoms with Crippen molar-refractivity contribution in [2.45, 2.75) is 347 Å². The minimum absolute atomic E-state index is 0.0101. The average Bonchev–Trinajstić information content (AvgIpc) is 3.34. The van der Waals surface area contributed by atoms with Crippen LogP contribution in [0, 0.1) is 0 Å². The van der Waals surface area contributed by atoms with Crippen molar-refractivity contribution in [3.8, 4) is 0 Å². The molecule has 0 saturated heterocycles. The Balaban J connectivity index is 3.46. The molecule has 2 unspecified atom stereocenters. The van der Waals surface area contributed by atoms with Crippen LogP contribution in [0.2, 0.25) is 0 Å². The van der Waals surface area contributed by atoms with Gasteiger partial charge in [-0.05, 0) is 77.0 Å². The molecule has 68 heavy (non-hydrogen) atoms. The van der Waals surface area contributed by atoms with Crippen molar-refractivity contribution in [2.24, 2.45) is 0 Å². The molecule has 6 heteroatoms. The van der Waals surface area contributed by atoms with Gasteiger partial charge in [0.15, 0.2) is 0 Å². The number of allylic oxidation sites excluding steroid dienone is 4. The van der Waals surface area contributed by atoms with E-state index < -0.39 is 12.1 Å². The van der Waals surface area contributed by atoms with Crippen molar-refractivity contribution in [3.05, 3.63) is 24.3 Å². The van der Waals surface area contributed by atoms with Gasteiger partial charge in [-0.2, -0.15) is 0 Å². The topological polar surface area (TPSA) is 95.9 Å². The van der Waals surface area contributed by atoms with Crippen molar-refractivity contribution in [2.75, 3.05) is 13.2 Å². The van der Waals surface area contributed by atoms with Gasteiger partial charge in [-0.3, -0.25) is 9.59 Å². The van der Waals surface area contributed by atoms with Crippen LogP contribution in [0.4, 0.5) is 0 Å². The minimum atomic E-state index is -0.676. The van der Waals surface area contributed by atoms with Crippen LogP contribution in [0.25, 0.3) is 0 Å². The van der Waals surface area contributed by atoms with Crippen molar-refractivity contribution >= 4 is 11.9 Å². The smallest absolute Gasteiger partial charge is 0.305 e. The van der Waals surface area contributed by atoms with Gasteiger partial charge in [0.2, 0.25) is 5.91 Å². The maximum Gasteiger partial charge on any atom is 0.305 e. The van der Waals surface area contributed by atoms with Gasteiger partial charge < -0.3 is 20.3 Å². The maximum absolute atomic E-state index is 12.5. The Kier molecular flexibility index (Phi) is 56.5. The Morgan fingerprint density at radius 2 is 0.691 bits per heavy atom. The summed E-state index contributed by atoms with van der Waals surface area (Å²) in [7, 11) is 0. The number of hydrogen-bond donors (Lipinski definition) is 3. The largest absolute Gasteiger partial charge is 0.466 e. The number of rotatable bonds is 57. The fourth-order valence-corrected chi connectivity index (χ4v) is 9.51. The van der Waals surface area contributed by atoms with Crippen molar-refractivity contribution in [3.63, 3.8) is 0 Å². The number of nitrogens with one attached hydrogen (secondary N) is 1. The van der Waals surface area contributed by atoms with E-state index in [9.17, 15) is 19.8 Å². The molecule has 0 bridgehead atoms. The van der Waals surface area contributed by atoms with Crippen LogP contribution in [0.3, 0.4) is 0 Å². The van der Waals surface area contributed by atoms with Gasteiger partial charge in [-0.25, -0.2) is 0 Å². The lowest BCUT2D eigenvalue weighted by atomic mass is 10.0. The lowest BCUT2D eigenvalue weighted by Gasteiger charge is -2.22. The van der Waals surface area contributed by atoms with E-state index in [0.717, 1.165) is 64.2 Å². The number of aliphatic hydroxyl groups excluding tert-OH is 2. The SMILES string of the molecule is CCCCCCCC/C=C\CCCCCCCC(=O)OCCCCCCCCC/C=C\CCCCCCCC(=O)NC(CO)C(O)CCCCCCCCCCCCCCCCCCCCCC. The third-order valence-electron chi connectivity index (χ3n) is 14.2. The summed E-state index contributed by atoms with van der Waals surface area (Å²) in [6.07, 6.45) is 70.3. The highest BCUT2D eigenvalue weighted by molar-refractivity contribution is 5.76. The van der Waals surface area contributed by atoms with Crippen LogP contribution in [-0.2, 0) is 14.3 Å². The molecular formula is C62H119NO5. The molecule has 1 amide bonds. The number of amides is 1. The molecular weight excluding hydrogens is 839 g/mol. The maximum atomic E-state index is 12.5. The molecule has 3 N–H and O–H groups in total. The molecule has 0 spiro atoms. The molecule has 0 aromatic carbocycles. The van der Waals surface area contributed by atoms with Crippen LogP contribution in [0.5, 0.6) is 0 Å². The van der Waals surface area contributed by atoms with E-state index in [-0.39, 0.29) is 18.5 Å². The van der Waals surface area contributed by atoms with E-state index in [1.165, 1.54) is 238 Å². The average molecular weight is 959 g/mol. The van der Waals surface area contributed by atoms with Crippen LogP contribution in [0.1, 0.15) is 335 Å². The summed E-state index contributed by atoms with van der Waals surface area (Å²) in [6.45, 7) is 4.94. The molecule has 0 aromatic heterocycles. The molecule has 0 radical (unpaired) electrons. The number of carbonyl (C=O) groups is 2. The number of carbonyl (C=O) groups excluding carboxylic acids is 2. The number of ether oxygens (including phenoxy) is 1. The van der Waals surface area contributed by atoms with E-state index >= 15 is 0 Å². The molecule has 0 heterocycles. The lowest BCUT2D eigenvalue weighted by Crippen LogP contribution is -2.45. The molecule has 0 aliphatic rings. The number of esters is 1. The van der Waals surface area contributed by atoms with Crippen molar-refractivity contribution in [1.29, 1.82) is 0 Å². The molecule has 0 fully saturated rings. The van der Waals surface area contributed by atoms with Gasteiger partial charge >= 0.3 is 5.97 Å². The minimum Gasteiger partial charge on any atom is -0.466 e. The van der Waals surface area contributed by atoms with Crippen molar-refractivity contribution < 1.29 is 24.5 Å². The Hall–Kier alpha value is -1.66. The first-order valence-electron chi connectivity index (χ1n) is 30.6. The first-order valence-corrected chi connectivity index (χ1v) is 30.6. The number of unbranched alkanes of at least 4 members (excludes halogenated alkanes) is 42. The predicted molar refractivity (Wildman–Crippen MR) is 296 cm³/mol. The van der Waals surface area contributed by atoms with Crippen molar-refractivity contribution in [1.82, 2.24) is 5.32 Å². The van der Waals surface area contributed by atoms with Crippen LogP contribution in [-0.4, -0.2) is 47.4 Å².